The lowest BCUT2D eigenvalue weighted by atomic mass is 10.0. The van der Waals surface area contributed by atoms with Gasteiger partial charge in [-0.3, -0.25) is 4.79 Å². The van der Waals surface area contributed by atoms with Crippen LogP contribution >= 0.6 is 0 Å². The molecule has 1 aliphatic rings. The fourth-order valence-corrected chi connectivity index (χ4v) is 2.63. The number of morpholine rings is 1. The van der Waals surface area contributed by atoms with Crippen molar-refractivity contribution < 1.29 is 13.9 Å². The zero-order chi connectivity index (χ0) is 14.1. The molecule has 1 fully saturated rings. The van der Waals surface area contributed by atoms with E-state index in [0.717, 1.165) is 0 Å². The van der Waals surface area contributed by atoms with Crippen LogP contribution in [0.5, 0.6) is 0 Å². The Balaban J connectivity index is 2.06. The van der Waals surface area contributed by atoms with Crippen molar-refractivity contribution in [1.29, 1.82) is 0 Å². The molecule has 104 valence electrons. The van der Waals surface area contributed by atoms with Gasteiger partial charge in [-0.25, -0.2) is 4.39 Å². The molecule has 1 amide bonds. The Morgan fingerprint density at radius 2 is 2.00 bits per heavy atom. The van der Waals surface area contributed by atoms with Gasteiger partial charge in [-0.2, -0.15) is 0 Å². The monoisotopic (exact) mass is 273 g/mol. The van der Waals surface area contributed by atoms with Crippen LogP contribution in [-0.2, 0) is 4.74 Å². The number of carbonyl (C=O) groups is 1. The van der Waals surface area contributed by atoms with E-state index in [2.05, 4.69) is 0 Å². The second kappa shape index (κ2) is 5.21. The van der Waals surface area contributed by atoms with Gasteiger partial charge in [-0.15, -0.1) is 0 Å². The summed E-state index contributed by atoms with van der Waals surface area (Å²) in [6.45, 7) is 3.63. The third-order valence-corrected chi connectivity index (χ3v) is 3.73. The highest BCUT2D eigenvalue weighted by Crippen LogP contribution is 2.24. The standard InChI is InChI=1S/C16H16FNO2/c1-11-10-20-9-8-18(11)16(19)14-6-7-15(17)13-5-3-2-4-12(13)14/h2-7,11H,8-10H2,1H3/t11-/m1/s1. The Labute approximate surface area is 116 Å². The fraction of sp³-hybridized carbons (Fsp3) is 0.312. The number of nitrogens with zero attached hydrogens (tertiary/aromatic N) is 1. The van der Waals surface area contributed by atoms with E-state index < -0.39 is 0 Å². The predicted molar refractivity (Wildman–Crippen MR) is 75.2 cm³/mol. The highest BCUT2D eigenvalue weighted by molar-refractivity contribution is 6.07. The Morgan fingerprint density at radius 1 is 1.25 bits per heavy atom. The van der Waals surface area contributed by atoms with Crippen LogP contribution in [0.25, 0.3) is 10.8 Å². The largest absolute Gasteiger partial charge is 0.377 e. The number of ether oxygens (including phenoxy) is 1. The quantitative estimate of drug-likeness (QED) is 0.799. The first-order chi connectivity index (χ1) is 9.68. The van der Waals surface area contributed by atoms with E-state index >= 15 is 0 Å². The average Bonchev–Trinajstić information content (AvgIpc) is 2.48. The van der Waals surface area contributed by atoms with Gasteiger partial charge in [0.2, 0.25) is 0 Å². The lowest BCUT2D eigenvalue weighted by molar-refractivity contribution is 0.00370. The maximum Gasteiger partial charge on any atom is 0.254 e. The van der Waals surface area contributed by atoms with Crippen LogP contribution in [0.4, 0.5) is 4.39 Å². The molecule has 0 aliphatic carbocycles. The lowest BCUT2D eigenvalue weighted by Gasteiger charge is -2.33. The normalized spacial score (nSPS) is 19.3. The minimum atomic E-state index is -0.299. The average molecular weight is 273 g/mol. The van der Waals surface area contributed by atoms with Crippen LogP contribution in [-0.4, -0.2) is 36.6 Å². The fourth-order valence-electron chi connectivity index (χ4n) is 2.63. The third kappa shape index (κ3) is 2.16. The van der Waals surface area contributed by atoms with E-state index in [9.17, 15) is 9.18 Å². The van der Waals surface area contributed by atoms with Gasteiger partial charge in [-0.1, -0.05) is 24.3 Å². The van der Waals surface area contributed by atoms with Gasteiger partial charge in [0.1, 0.15) is 5.82 Å². The van der Waals surface area contributed by atoms with Crippen molar-refractivity contribution in [3.8, 4) is 0 Å². The molecule has 0 bridgehead atoms. The minimum Gasteiger partial charge on any atom is -0.377 e. The Bertz CT molecular complexity index is 656. The summed E-state index contributed by atoms with van der Waals surface area (Å²) >= 11 is 0. The maximum absolute atomic E-state index is 13.8. The van der Waals surface area contributed by atoms with Gasteiger partial charge in [-0.05, 0) is 24.4 Å². The lowest BCUT2D eigenvalue weighted by Crippen LogP contribution is -2.47. The highest BCUT2D eigenvalue weighted by Gasteiger charge is 2.26. The van der Waals surface area contributed by atoms with Crippen LogP contribution in [0.1, 0.15) is 17.3 Å². The molecular weight excluding hydrogens is 257 g/mol. The van der Waals surface area contributed by atoms with Crippen LogP contribution in [0.3, 0.4) is 0 Å². The second-order valence-corrected chi connectivity index (χ2v) is 5.06. The molecule has 1 heterocycles. The predicted octanol–water partition coefficient (Wildman–Crippen LogP) is 2.84. The first-order valence-corrected chi connectivity index (χ1v) is 6.74. The van der Waals surface area contributed by atoms with E-state index in [1.54, 1.807) is 29.2 Å². The van der Waals surface area contributed by atoms with Crippen LogP contribution in [0.2, 0.25) is 0 Å². The highest BCUT2D eigenvalue weighted by atomic mass is 19.1. The third-order valence-electron chi connectivity index (χ3n) is 3.73. The molecule has 3 nitrogen and oxygen atoms in total. The van der Waals surface area contributed by atoms with Gasteiger partial charge < -0.3 is 9.64 Å². The molecule has 1 atom stereocenters. The van der Waals surface area contributed by atoms with Crippen molar-refractivity contribution in [1.82, 2.24) is 4.90 Å². The van der Waals surface area contributed by atoms with Crippen molar-refractivity contribution in [2.24, 2.45) is 0 Å². The summed E-state index contributed by atoms with van der Waals surface area (Å²) in [5.41, 5.74) is 0.552. The van der Waals surface area contributed by atoms with Gasteiger partial charge >= 0.3 is 0 Å². The number of carbonyl (C=O) groups excluding carboxylic acids is 1. The molecule has 2 aromatic rings. The smallest absolute Gasteiger partial charge is 0.254 e. The molecule has 4 heteroatoms. The summed E-state index contributed by atoms with van der Waals surface area (Å²) in [5, 5.41) is 1.15. The van der Waals surface area contributed by atoms with Crippen LogP contribution in [0.15, 0.2) is 36.4 Å². The van der Waals surface area contributed by atoms with Crippen molar-refractivity contribution in [2.45, 2.75) is 13.0 Å². The molecule has 0 unspecified atom stereocenters. The SMILES string of the molecule is C[C@@H]1COCCN1C(=O)c1ccc(F)c2ccccc12. The first-order valence-electron chi connectivity index (χ1n) is 6.74. The summed E-state index contributed by atoms with van der Waals surface area (Å²) in [6, 6.07) is 10.1. The number of rotatable bonds is 1. The number of hydrogen-bond donors (Lipinski definition) is 0. The Morgan fingerprint density at radius 3 is 2.75 bits per heavy atom. The van der Waals surface area contributed by atoms with E-state index in [4.69, 9.17) is 4.74 Å². The molecule has 0 spiro atoms. The topological polar surface area (TPSA) is 29.5 Å². The van der Waals surface area contributed by atoms with E-state index in [-0.39, 0.29) is 17.8 Å². The molecule has 3 rings (SSSR count). The summed E-state index contributed by atoms with van der Waals surface area (Å²) in [5.74, 6) is -0.357. The Kier molecular flexibility index (Phi) is 3.40. The maximum atomic E-state index is 13.8. The number of halogens is 1. The zero-order valence-electron chi connectivity index (χ0n) is 11.3. The molecule has 20 heavy (non-hydrogen) atoms. The molecule has 0 N–H and O–H groups in total. The van der Waals surface area contributed by atoms with Gasteiger partial charge in [0.15, 0.2) is 0 Å². The molecule has 0 saturated carbocycles. The summed E-state index contributed by atoms with van der Waals surface area (Å²) < 4.78 is 19.2. The van der Waals surface area contributed by atoms with Crippen LogP contribution < -0.4 is 0 Å². The van der Waals surface area contributed by atoms with E-state index in [0.29, 0.717) is 36.1 Å². The Hall–Kier alpha value is -1.94. The van der Waals surface area contributed by atoms with Crippen molar-refractivity contribution >= 4 is 16.7 Å². The van der Waals surface area contributed by atoms with Gasteiger partial charge in [0.25, 0.3) is 5.91 Å². The first kappa shape index (κ1) is 13.1. The van der Waals surface area contributed by atoms with Crippen molar-refractivity contribution in [3.05, 3.63) is 47.8 Å². The van der Waals surface area contributed by atoms with E-state index in [1.807, 2.05) is 13.0 Å². The van der Waals surface area contributed by atoms with E-state index in [1.165, 1.54) is 6.07 Å². The summed E-state index contributed by atoms with van der Waals surface area (Å²) in [4.78, 5) is 14.5. The molecule has 0 aromatic heterocycles. The zero-order valence-corrected chi connectivity index (χ0v) is 11.3. The molecule has 1 saturated heterocycles. The molecule has 1 aliphatic heterocycles. The molecule has 2 aromatic carbocycles. The second-order valence-electron chi connectivity index (χ2n) is 5.06. The molecular formula is C16H16FNO2. The minimum absolute atomic E-state index is 0.0417. The van der Waals surface area contributed by atoms with Crippen molar-refractivity contribution in [3.63, 3.8) is 0 Å². The summed E-state index contributed by atoms with van der Waals surface area (Å²) in [6.07, 6.45) is 0. The number of hydrogen-bond acceptors (Lipinski definition) is 2. The van der Waals surface area contributed by atoms with Gasteiger partial charge in [0, 0.05) is 17.5 Å². The van der Waals surface area contributed by atoms with Crippen molar-refractivity contribution in [2.75, 3.05) is 19.8 Å². The number of benzene rings is 2. The number of fused-ring (bicyclic) bond motifs is 1. The summed E-state index contributed by atoms with van der Waals surface area (Å²) in [7, 11) is 0. The van der Waals surface area contributed by atoms with Crippen LogP contribution in [0, 0.1) is 5.82 Å². The number of amides is 1. The molecule has 0 radical (unpaired) electrons. The van der Waals surface area contributed by atoms with Gasteiger partial charge in [0.05, 0.1) is 19.3 Å².